The van der Waals surface area contributed by atoms with Gasteiger partial charge < -0.3 is 10.1 Å². The Morgan fingerprint density at radius 2 is 1.91 bits per heavy atom. The number of sulfonamides is 1. The number of anilines is 1. The fraction of sp³-hybridized carbons (Fsp3) is 0.562. The fourth-order valence-corrected chi connectivity index (χ4v) is 2.97. The van der Waals surface area contributed by atoms with Gasteiger partial charge in [-0.1, -0.05) is 31.9 Å². The first-order chi connectivity index (χ1) is 10.9. The summed E-state index contributed by atoms with van der Waals surface area (Å²) in [6.07, 6.45) is 4.06. The van der Waals surface area contributed by atoms with E-state index in [0.29, 0.717) is 24.6 Å². The van der Waals surface area contributed by atoms with E-state index >= 15 is 0 Å². The normalized spacial score (nSPS) is 11.1. The number of hydrogen-bond donors (Lipinski definition) is 1. The second-order valence-corrected chi connectivity index (χ2v) is 7.13. The quantitative estimate of drug-likeness (QED) is 0.661. The van der Waals surface area contributed by atoms with Crippen molar-refractivity contribution in [2.45, 2.75) is 33.1 Å². The summed E-state index contributed by atoms with van der Waals surface area (Å²) in [5.74, 6) is 0.122. The van der Waals surface area contributed by atoms with E-state index in [1.165, 1.54) is 0 Å². The van der Waals surface area contributed by atoms with E-state index in [-0.39, 0.29) is 12.5 Å². The lowest BCUT2D eigenvalue weighted by Gasteiger charge is -2.24. The molecule has 0 aromatic heterocycles. The minimum absolute atomic E-state index is 0.255. The van der Waals surface area contributed by atoms with Crippen molar-refractivity contribution >= 4 is 21.6 Å². The van der Waals surface area contributed by atoms with Crippen molar-refractivity contribution in [1.82, 2.24) is 5.32 Å². The van der Waals surface area contributed by atoms with Crippen LogP contribution in [0.5, 0.6) is 5.75 Å². The van der Waals surface area contributed by atoms with Crippen molar-refractivity contribution in [2.24, 2.45) is 0 Å². The van der Waals surface area contributed by atoms with E-state index in [1.807, 2.05) is 6.92 Å². The number of ether oxygens (including phenoxy) is 1. The van der Waals surface area contributed by atoms with E-state index in [9.17, 15) is 13.2 Å². The number of nitrogens with zero attached hydrogens (tertiary/aromatic N) is 1. The highest BCUT2D eigenvalue weighted by atomic mass is 32.2. The molecule has 0 saturated carbocycles. The van der Waals surface area contributed by atoms with Crippen molar-refractivity contribution in [3.8, 4) is 5.75 Å². The zero-order valence-electron chi connectivity index (χ0n) is 14.0. The summed E-state index contributed by atoms with van der Waals surface area (Å²) in [4.78, 5) is 12.0. The van der Waals surface area contributed by atoms with Crippen LogP contribution < -0.4 is 14.4 Å². The summed E-state index contributed by atoms with van der Waals surface area (Å²) in [5.41, 5.74) is 0.376. The zero-order valence-corrected chi connectivity index (χ0v) is 14.9. The predicted molar refractivity (Wildman–Crippen MR) is 92.3 cm³/mol. The van der Waals surface area contributed by atoms with Crippen LogP contribution in [0.1, 0.15) is 33.1 Å². The standard InChI is InChI=1S/C16H26N2O4S/c1-4-6-9-12-17-16(19)13-18(23(3,20)21)14-10-7-8-11-15(14)22-5-2/h7-8,10-11H,4-6,9,12-13H2,1-3H3,(H,17,19). The number of nitrogens with one attached hydrogen (secondary N) is 1. The van der Waals surface area contributed by atoms with Gasteiger partial charge in [0.15, 0.2) is 0 Å². The molecule has 1 aromatic carbocycles. The van der Waals surface area contributed by atoms with Gasteiger partial charge in [-0.3, -0.25) is 9.10 Å². The summed E-state index contributed by atoms with van der Waals surface area (Å²) in [7, 11) is -3.60. The van der Waals surface area contributed by atoms with Crippen LogP contribution in [0.25, 0.3) is 0 Å². The summed E-state index contributed by atoms with van der Waals surface area (Å²) in [6.45, 7) is 4.62. The highest BCUT2D eigenvalue weighted by Crippen LogP contribution is 2.29. The van der Waals surface area contributed by atoms with Crippen LogP contribution in [0.4, 0.5) is 5.69 Å². The van der Waals surface area contributed by atoms with Crippen molar-refractivity contribution in [1.29, 1.82) is 0 Å². The molecule has 0 radical (unpaired) electrons. The molecule has 0 unspecified atom stereocenters. The molecule has 0 atom stereocenters. The number of unbranched alkanes of at least 4 members (excludes halogenated alkanes) is 2. The van der Waals surface area contributed by atoms with Crippen LogP contribution in [0, 0.1) is 0 Å². The van der Waals surface area contributed by atoms with Gasteiger partial charge in [0.25, 0.3) is 0 Å². The fourth-order valence-electron chi connectivity index (χ4n) is 2.11. The Bertz CT molecular complexity index is 602. The number of carbonyl (C=O) groups excluding carboxylic acids is 1. The molecule has 0 fully saturated rings. The second-order valence-electron chi connectivity index (χ2n) is 5.23. The molecule has 1 aromatic rings. The molecule has 0 aliphatic heterocycles. The Morgan fingerprint density at radius 3 is 2.52 bits per heavy atom. The molecular weight excluding hydrogens is 316 g/mol. The lowest BCUT2D eigenvalue weighted by molar-refractivity contribution is -0.119. The van der Waals surface area contributed by atoms with E-state index < -0.39 is 10.0 Å². The van der Waals surface area contributed by atoms with E-state index in [2.05, 4.69) is 12.2 Å². The molecule has 0 spiro atoms. The Hall–Kier alpha value is -1.76. The maximum atomic E-state index is 12.1. The largest absolute Gasteiger partial charge is 0.492 e. The van der Waals surface area contributed by atoms with Crippen LogP contribution in [0.15, 0.2) is 24.3 Å². The van der Waals surface area contributed by atoms with Crippen LogP contribution >= 0.6 is 0 Å². The number of amides is 1. The highest BCUT2D eigenvalue weighted by molar-refractivity contribution is 7.92. The van der Waals surface area contributed by atoms with Crippen LogP contribution in [-0.2, 0) is 14.8 Å². The van der Waals surface area contributed by atoms with Gasteiger partial charge in [0, 0.05) is 6.54 Å². The number of para-hydroxylation sites is 2. The van der Waals surface area contributed by atoms with Gasteiger partial charge in [-0.25, -0.2) is 8.42 Å². The van der Waals surface area contributed by atoms with Crippen molar-refractivity contribution < 1.29 is 17.9 Å². The van der Waals surface area contributed by atoms with Gasteiger partial charge in [0.2, 0.25) is 15.9 Å². The number of rotatable bonds is 10. The molecule has 0 heterocycles. The van der Waals surface area contributed by atoms with Crippen molar-refractivity contribution in [3.05, 3.63) is 24.3 Å². The van der Waals surface area contributed by atoms with E-state index in [4.69, 9.17) is 4.74 Å². The monoisotopic (exact) mass is 342 g/mol. The first kappa shape index (κ1) is 19.3. The van der Waals surface area contributed by atoms with Gasteiger partial charge in [0.1, 0.15) is 12.3 Å². The average molecular weight is 342 g/mol. The molecule has 6 nitrogen and oxygen atoms in total. The molecule has 23 heavy (non-hydrogen) atoms. The number of carbonyl (C=O) groups is 1. The molecule has 0 saturated heterocycles. The molecule has 7 heteroatoms. The minimum Gasteiger partial charge on any atom is -0.492 e. The lowest BCUT2D eigenvalue weighted by Crippen LogP contribution is -2.40. The van der Waals surface area contributed by atoms with Crippen molar-refractivity contribution in [2.75, 3.05) is 30.3 Å². The summed E-state index contributed by atoms with van der Waals surface area (Å²) >= 11 is 0. The van der Waals surface area contributed by atoms with Gasteiger partial charge >= 0.3 is 0 Å². The summed E-state index contributed by atoms with van der Waals surface area (Å²) in [6, 6.07) is 6.81. The van der Waals surface area contributed by atoms with Gasteiger partial charge in [-0.15, -0.1) is 0 Å². The smallest absolute Gasteiger partial charge is 0.240 e. The maximum absolute atomic E-state index is 12.1. The van der Waals surface area contributed by atoms with Crippen molar-refractivity contribution in [3.63, 3.8) is 0 Å². The summed E-state index contributed by atoms with van der Waals surface area (Å²) < 4.78 is 30.7. The molecule has 0 bridgehead atoms. The number of benzene rings is 1. The Kier molecular flexibility index (Phi) is 7.88. The highest BCUT2D eigenvalue weighted by Gasteiger charge is 2.23. The first-order valence-corrected chi connectivity index (χ1v) is 9.71. The van der Waals surface area contributed by atoms with Gasteiger partial charge in [0.05, 0.1) is 18.6 Å². The zero-order chi connectivity index (χ0) is 17.3. The number of hydrogen-bond acceptors (Lipinski definition) is 4. The molecule has 130 valence electrons. The molecule has 1 rings (SSSR count). The third-order valence-electron chi connectivity index (χ3n) is 3.22. The Labute approximate surface area is 138 Å². The van der Waals surface area contributed by atoms with Crippen LogP contribution in [0.3, 0.4) is 0 Å². The predicted octanol–water partition coefficient (Wildman–Crippen LogP) is 2.16. The molecule has 0 aliphatic rings. The van der Waals surface area contributed by atoms with Crippen LogP contribution in [0.2, 0.25) is 0 Å². The third-order valence-corrected chi connectivity index (χ3v) is 4.35. The van der Waals surface area contributed by atoms with E-state index in [1.54, 1.807) is 24.3 Å². The SMILES string of the molecule is CCCCCNC(=O)CN(c1ccccc1OCC)S(C)(=O)=O. The topological polar surface area (TPSA) is 75.7 Å². The lowest BCUT2D eigenvalue weighted by atomic mass is 10.2. The maximum Gasteiger partial charge on any atom is 0.240 e. The molecule has 1 N–H and O–H groups in total. The second kappa shape index (κ2) is 9.39. The first-order valence-electron chi connectivity index (χ1n) is 7.86. The van der Waals surface area contributed by atoms with E-state index in [0.717, 1.165) is 29.8 Å². The molecule has 1 amide bonds. The van der Waals surface area contributed by atoms with Gasteiger partial charge in [-0.2, -0.15) is 0 Å². The van der Waals surface area contributed by atoms with Crippen LogP contribution in [-0.4, -0.2) is 40.3 Å². The average Bonchev–Trinajstić information content (AvgIpc) is 2.49. The molecule has 0 aliphatic carbocycles. The third kappa shape index (κ3) is 6.48. The molecular formula is C16H26N2O4S. The van der Waals surface area contributed by atoms with Gasteiger partial charge in [-0.05, 0) is 25.5 Å². The Balaban J connectivity index is 2.88. The Morgan fingerprint density at radius 1 is 1.22 bits per heavy atom. The minimum atomic E-state index is -3.60. The summed E-state index contributed by atoms with van der Waals surface area (Å²) in [5, 5.41) is 2.76.